The Morgan fingerprint density at radius 2 is 1.16 bits per heavy atom. The van der Waals surface area contributed by atoms with E-state index in [1.54, 1.807) is 13.2 Å². The van der Waals surface area contributed by atoms with E-state index >= 15 is 0 Å². The van der Waals surface area contributed by atoms with Crippen molar-refractivity contribution in [1.29, 1.82) is 0 Å². The Morgan fingerprint density at radius 3 is 1.90 bits per heavy atom. The first-order valence-corrected chi connectivity index (χ1v) is 17.3. The lowest BCUT2D eigenvalue weighted by molar-refractivity contribution is 1.26. The molecule has 3 aromatic heterocycles. The van der Waals surface area contributed by atoms with Gasteiger partial charge in [0.2, 0.25) is 0 Å². The maximum Gasteiger partial charge on any atom is 0.0902 e. The van der Waals surface area contributed by atoms with Gasteiger partial charge in [0.1, 0.15) is 0 Å². The molecule has 6 aromatic carbocycles. The van der Waals surface area contributed by atoms with Crippen molar-refractivity contribution in [1.82, 2.24) is 9.38 Å². The molecule has 0 aliphatic carbocycles. The molecule has 0 N–H and O–H groups in total. The predicted octanol–water partition coefficient (Wildman–Crippen LogP) is 12.4. The van der Waals surface area contributed by atoms with E-state index in [4.69, 9.17) is 0 Å². The Morgan fingerprint density at radius 1 is 0.549 bits per heavy atom. The van der Waals surface area contributed by atoms with Gasteiger partial charge in [-0.25, -0.2) is 0 Å². The van der Waals surface area contributed by atoms with Crippen LogP contribution in [0.25, 0.3) is 60.3 Å². The van der Waals surface area contributed by atoms with Gasteiger partial charge in [-0.1, -0.05) is 115 Å². The highest BCUT2D eigenvalue weighted by atomic mass is 14.9. The van der Waals surface area contributed by atoms with Crippen LogP contribution in [0.3, 0.4) is 0 Å². The number of aryl methyl sites for hydroxylation is 3. The van der Waals surface area contributed by atoms with Crippen molar-refractivity contribution >= 4 is 43.8 Å². The van der Waals surface area contributed by atoms with Gasteiger partial charge in [-0.2, -0.15) is 0 Å². The highest BCUT2D eigenvalue weighted by molar-refractivity contribution is 6.23. The van der Waals surface area contributed by atoms with Crippen molar-refractivity contribution in [3.63, 3.8) is 0 Å². The average Bonchev–Trinajstić information content (AvgIpc) is 3.70. The molecule has 3 heteroatoms. The third-order valence-corrected chi connectivity index (χ3v) is 9.75. The maximum absolute atomic E-state index is 4.34. The van der Waals surface area contributed by atoms with Gasteiger partial charge in [0.15, 0.2) is 0 Å². The maximum atomic E-state index is 4.34. The van der Waals surface area contributed by atoms with Gasteiger partial charge in [0, 0.05) is 40.4 Å². The van der Waals surface area contributed by atoms with Crippen molar-refractivity contribution in [2.75, 3.05) is 7.05 Å². The largest absolute Gasteiger partial charge is 0.308 e. The van der Waals surface area contributed by atoms with Gasteiger partial charge < -0.3 is 4.40 Å². The fraction of sp³-hybridized carbons (Fsp3) is 0.0833. The van der Waals surface area contributed by atoms with E-state index in [2.05, 4.69) is 164 Å². The molecular weight excluding hydrogens is 619 g/mol. The fourth-order valence-electron chi connectivity index (χ4n) is 7.43. The van der Waals surface area contributed by atoms with E-state index in [-0.39, 0.29) is 0 Å². The van der Waals surface area contributed by atoms with Crippen LogP contribution >= 0.6 is 0 Å². The summed E-state index contributed by atoms with van der Waals surface area (Å²) in [5, 5.41) is 5.29. The first-order valence-electron chi connectivity index (χ1n) is 17.3. The number of hydrogen-bond acceptors (Lipinski definition) is 2. The second kappa shape index (κ2) is 14.3. The molecule has 0 aliphatic rings. The summed E-state index contributed by atoms with van der Waals surface area (Å²) in [6.45, 7) is 12.5. The monoisotopic (exact) mass is 659 g/mol. The molecule has 3 heterocycles. The molecule has 0 amide bonds. The Balaban J connectivity index is 0.000000190. The van der Waals surface area contributed by atoms with E-state index in [1.165, 1.54) is 77.0 Å². The van der Waals surface area contributed by atoms with Crippen molar-refractivity contribution in [3.8, 4) is 22.3 Å². The Labute approximate surface area is 300 Å². The molecule has 0 aliphatic heterocycles. The SMILES string of the molecule is C=C.CN=C(c1ccccn1)c1ccccc1C.Cc1ccccc1-c1c(C)cccc1-c1ccc2c(c1)c1cccc3c4ccccc4n2c31. The average molecular weight is 660 g/mol. The Kier molecular flexibility index (Phi) is 9.28. The van der Waals surface area contributed by atoms with E-state index in [1.807, 2.05) is 30.3 Å². The molecule has 0 atom stereocenters. The molecule has 3 nitrogen and oxygen atoms in total. The lowest BCUT2D eigenvalue weighted by Gasteiger charge is -2.15. The van der Waals surface area contributed by atoms with E-state index < -0.39 is 0 Å². The summed E-state index contributed by atoms with van der Waals surface area (Å²) in [4.78, 5) is 8.68. The van der Waals surface area contributed by atoms with Crippen LogP contribution in [0, 0.1) is 20.8 Å². The molecule has 0 saturated carbocycles. The number of pyridine rings is 1. The van der Waals surface area contributed by atoms with Crippen molar-refractivity contribution < 1.29 is 0 Å². The third kappa shape index (κ3) is 5.87. The second-order valence-corrected chi connectivity index (χ2v) is 12.7. The van der Waals surface area contributed by atoms with Crippen LogP contribution in [0.4, 0.5) is 0 Å². The number of aromatic nitrogens is 2. The lowest BCUT2D eigenvalue weighted by atomic mass is 9.88. The van der Waals surface area contributed by atoms with Gasteiger partial charge in [0.05, 0.1) is 28.0 Å². The minimum Gasteiger partial charge on any atom is -0.308 e. The van der Waals surface area contributed by atoms with Gasteiger partial charge in [-0.3, -0.25) is 9.98 Å². The minimum atomic E-state index is 0.916. The molecule has 0 bridgehead atoms. The standard InChI is InChI=1S/C32H23N.C14H14N2.C2H4/c1-20-9-3-4-11-23(20)31-21(2)10-7-13-24(31)22-17-18-30-28(19-22)27-15-8-14-26-25-12-5-6-16-29(25)33(30)32(26)27;1-11-7-3-4-8-12(11)14(15-2)13-9-5-6-10-16-13;1-2/h3-19H,1-2H3;3-10H,1-2H3;1-2H2. The molecule has 0 radical (unpaired) electrons. The number of nitrogens with zero attached hydrogens (tertiary/aromatic N) is 3. The zero-order valence-electron chi connectivity index (χ0n) is 29.7. The molecule has 0 saturated heterocycles. The van der Waals surface area contributed by atoms with E-state index in [9.17, 15) is 0 Å². The van der Waals surface area contributed by atoms with Crippen molar-refractivity contribution in [2.24, 2.45) is 4.99 Å². The zero-order valence-corrected chi connectivity index (χ0v) is 29.7. The smallest absolute Gasteiger partial charge is 0.0902 e. The third-order valence-electron chi connectivity index (χ3n) is 9.75. The van der Waals surface area contributed by atoms with E-state index in [0.717, 1.165) is 17.0 Å². The summed E-state index contributed by atoms with van der Waals surface area (Å²) in [5.41, 5.74) is 15.9. The van der Waals surface area contributed by atoms with Crippen LogP contribution in [0.15, 0.2) is 170 Å². The van der Waals surface area contributed by atoms with Crippen LogP contribution in [-0.4, -0.2) is 22.1 Å². The van der Waals surface area contributed by atoms with Crippen LogP contribution in [0.2, 0.25) is 0 Å². The summed E-state index contributed by atoms with van der Waals surface area (Å²) in [7, 11) is 1.80. The van der Waals surface area contributed by atoms with Crippen molar-refractivity contribution in [3.05, 3.63) is 193 Å². The molecule has 0 unspecified atom stereocenters. The molecule has 51 heavy (non-hydrogen) atoms. The summed E-state index contributed by atoms with van der Waals surface area (Å²) in [6.07, 6.45) is 1.79. The van der Waals surface area contributed by atoms with Gasteiger partial charge in [0.25, 0.3) is 0 Å². The Hall–Kier alpha value is -6.32. The summed E-state index contributed by atoms with van der Waals surface area (Å²) in [5.74, 6) is 0. The Bertz CT molecular complexity index is 2660. The number of aliphatic imine (C=N–C) groups is 1. The van der Waals surface area contributed by atoms with Gasteiger partial charge in [-0.05, 0) is 90.0 Å². The molecular formula is C48H41N3. The molecule has 0 fully saturated rings. The summed E-state index contributed by atoms with van der Waals surface area (Å²) < 4.78 is 2.44. The topological polar surface area (TPSA) is 29.7 Å². The van der Waals surface area contributed by atoms with Crippen LogP contribution in [0.1, 0.15) is 27.9 Å². The number of para-hydroxylation sites is 2. The molecule has 248 valence electrons. The van der Waals surface area contributed by atoms with Gasteiger partial charge >= 0.3 is 0 Å². The van der Waals surface area contributed by atoms with Crippen LogP contribution < -0.4 is 0 Å². The lowest BCUT2D eigenvalue weighted by Crippen LogP contribution is -2.07. The van der Waals surface area contributed by atoms with Crippen LogP contribution in [0.5, 0.6) is 0 Å². The fourth-order valence-corrected chi connectivity index (χ4v) is 7.43. The van der Waals surface area contributed by atoms with Crippen LogP contribution in [-0.2, 0) is 0 Å². The molecule has 0 spiro atoms. The predicted molar refractivity (Wildman–Crippen MR) is 220 cm³/mol. The van der Waals surface area contributed by atoms with Gasteiger partial charge in [-0.15, -0.1) is 13.2 Å². The first kappa shape index (κ1) is 33.2. The van der Waals surface area contributed by atoms with Crippen molar-refractivity contribution in [2.45, 2.75) is 20.8 Å². The number of fused-ring (bicyclic) bond motifs is 6. The molecule has 9 rings (SSSR count). The second-order valence-electron chi connectivity index (χ2n) is 12.7. The quantitative estimate of drug-likeness (QED) is 0.137. The number of benzene rings is 6. The summed E-state index contributed by atoms with van der Waals surface area (Å²) >= 11 is 0. The zero-order chi connectivity index (χ0) is 35.5. The normalized spacial score (nSPS) is 11.4. The highest BCUT2D eigenvalue weighted by Crippen LogP contribution is 2.42. The first-order chi connectivity index (χ1) is 25.0. The minimum absolute atomic E-state index is 0.916. The molecule has 9 aromatic rings. The highest BCUT2D eigenvalue weighted by Gasteiger charge is 2.18. The van der Waals surface area contributed by atoms with E-state index in [0.29, 0.717) is 0 Å². The number of rotatable bonds is 4. The number of hydrogen-bond donors (Lipinski definition) is 0. The summed E-state index contributed by atoms with van der Waals surface area (Å²) in [6, 6.07) is 51.9.